The summed E-state index contributed by atoms with van der Waals surface area (Å²) in [5.74, 6) is -0.0259. The molecule has 3 aliphatic rings. The lowest BCUT2D eigenvalue weighted by Gasteiger charge is -2.45. The minimum Gasteiger partial charge on any atom is -0.379 e. The summed E-state index contributed by atoms with van der Waals surface area (Å²) in [6.45, 7) is 7.40. The van der Waals surface area contributed by atoms with Gasteiger partial charge in [0.2, 0.25) is 5.91 Å². The number of ether oxygens (including phenoxy) is 1. The molecule has 5 rings (SSSR count). The first-order chi connectivity index (χ1) is 16.1. The van der Waals surface area contributed by atoms with Gasteiger partial charge < -0.3 is 19.5 Å². The molecule has 2 fully saturated rings. The Morgan fingerprint density at radius 2 is 1.94 bits per heavy atom. The van der Waals surface area contributed by atoms with Crippen molar-refractivity contribution in [2.24, 2.45) is 0 Å². The third-order valence-corrected chi connectivity index (χ3v) is 8.54. The van der Waals surface area contributed by atoms with Gasteiger partial charge in [-0.1, -0.05) is 25.7 Å². The highest BCUT2D eigenvalue weighted by molar-refractivity contribution is 7.17. The molecule has 180 valence electrons. The molecule has 0 unspecified atom stereocenters. The quantitative estimate of drug-likeness (QED) is 0.654. The van der Waals surface area contributed by atoms with Crippen LogP contribution < -0.4 is 5.32 Å². The van der Waals surface area contributed by atoms with Crippen molar-refractivity contribution in [1.29, 1.82) is 0 Å². The van der Waals surface area contributed by atoms with E-state index in [4.69, 9.17) is 4.74 Å². The van der Waals surface area contributed by atoms with Crippen molar-refractivity contribution in [3.63, 3.8) is 0 Å². The van der Waals surface area contributed by atoms with Gasteiger partial charge in [-0.25, -0.2) is 0 Å². The molecule has 2 aromatic heterocycles. The third kappa shape index (κ3) is 4.57. The number of carbonyl (C=O) groups excluding carboxylic acids is 2. The molecule has 8 heteroatoms. The Balaban J connectivity index is 1.38. The van der Waals surface area contributed by atoms with E-state index in [2.05, 4.69) is 26.2 Å². The van der Waals surface area contributed by atoms with Gasteiger partial charge in [0, 0.05) is 32.2 Å². The van der Waals surface area contributed by atoms with E-state index in [9.17, 15) is 9.59 Å². The zero-order valence-corrected chi connectivity index (χ0v) is 20.5. The van der Waals surface area contributed by atoms with E-state index < -0.39 is 5.54 Å². The van der Waals surface area contributed by atoms with Crippen LogP contribution in [0.25, 0.3) is 10.2 Å². The average molecular weight is 473 g/mol. The molecule has 1 aliphatic carbocycles. The summed E-state index contributed by atoms with van der Waals surface area (Å²) in [7, 11) is 0. The van der Waals surface area contributed by atoms with Crippen molar-refractivity contribution < 1.29 is 14.3 Å². The number of hydrogen-bond donors (Lipinski definition) is 1. The van der Waals surface area contributed by atoms with Crippen LogP contribution in [0.3, 0.4) is 0 Å². The van der Waals surface area contributed by atoms with Gasteiger partial charge in [-0.05, 0) is 43.7 Å². The van der Waals surface area contributed by atoms with Gasteiger partial charge in [-0.2, -0.15) is 0 Å². The first kappa shape index (κ1) is 22.9. The van der Waals surface area contributed by atoms with E-state index in [0.717, 1.165) is 62.3 Å². The molecular formula is C25H36N4O3S. The van der Waals surface area contributed by atoms with Crippen LogP contribution in [0, 0.1) is 0 Å². The zero-order valence-electron chi connectivity index (χ0n) is 19.7. The molecule has 0 aromatic carbocycles. The van der Waals surface area contributed by atoms with E-state index in [0.29, 0.717) is 18.8 Å². The van der Waals surface area contributed by atoms with Crippen LogP contribution in [-0.2, 0) is 16.1 Å². The van der Waals surface area contributed by atoms with Gasteiger partial charge in [-0.15, -0.1) is 11.3 Å². The molecule has 0 spiro atoms. The summed E-state index contributed by atoms with van der Waals surface area (Å²) in [5, 5.41) is 5.41. The smallest absolute Gasteiger partial charge is 0.271 e. The number of morpholine rings is 1. The number of nitrogens with one attached hydrogen (secondary N) is 1. The number of amides is 2. The van der Waals surface area contributed by atoms with Crippen LogP contribution in [0.2, 0.25) is 0 Å². The van der Waals surface area contributed by atoms with Crippen LogP contribution in [-0.4, -0.2) is 77.2 Å². The van der Waals surface area contributed by atoms with Gasteiger partial charge in [0.15, 0.2) is 0 Å². The Hall–Kier alpha value is -1.90. The second kappa shape index (κ2) is 9.76. The largest absolute Gasteiger partial charge is 0.379 e. The van der Waals surface area contributed by atoms with Crippen LogP contribution in [0.15, 0.2) is 17.5 Å². The van der Waals surface area contributed by atoms with Crippen LogP contribution in [0.1, 0.15) is 62.4 Å². The number of carbonyl (C=O) groups is 2. The van der Waals surface area contributed by atoms with Crippen LogP contribution >= 0.6 is 11.3 Å². The lowest BCUT2D eigenvalue weighted by Crippen LogP contribution is -2.65. The lowest BCUT2D eigenvalue weighted by molar-refractivity contribution is -0.133. The third-order valence-electron chi connectivity index (χ3n) is 7.69. The van der Waals surface area contributed by atoms with E-state index >= 15 is 0 Å². The molecule has 4 heterocycles. The Labute approximate surface area is 200 Å². The molecule has 0 bridgehead atoms. The summed E-state index contributed by atoms with van der Waals surface area (Å²) in [6.07, 6.45) is 7.76. The molecule has 1 saturated heterocycles. The van der Waals surface area contributed by atoms with E-state index in [1.165, 1.54) is 25.7 Å². The van der Waals surface area contributed by atoms with Crippen LogP contribution in [0.4, 0.5) is 0 Å². The first-order valence-electron chi connectivity index (χ1n) is 12.6. The second-order valence-electron chi connectivity index (χ2n) is 9.99. The molecule has 2 aromatic rings. The number of hydrogen-bond acceptors (Lipinski definition) is 5. The second-order valence-corrected chi connectivity index (χ2v) is 10.9. The van der Waals surface area contributed by atoms with Gasteiger partial charge >= 0.3 is 0 Å². The normalized spacial score (nSPS) is 25.2. The predicted octanol–water partition coefficient (Wildman–Crippen LogP) is 3.48. The highest BCUT2D eigenvalue weighted by Gasteiger charge is 2.48. The summed E-state index contributed by atoms with van der Waals surface area (Å²) < 4.78 is 8.64. The Morgan fingerprint density at radius 1 is 1.18 bits per heavy atom. The Morgan fingerprint density at radius 3 is 2.70 bits per heavy atom. The minimum absolute atomic E-state index is 0.00291. The Bertz CT molecular complexity index is 987. The van der Waals surface area contributed by atoms with Crippen molar-refractivity contribution in [3.05, 3.63) is 23.2 Å². The van der Waals surface area contributed by atoms with Crippen molar-refractivity contribution in [2.75, 3.05) is 39.4 Å². The van der Waals surface area contributed by atoms with Gasteiger partial charge in [0.25, 0.3) is 5.91 Å². The molecule has 2 amide bonds. The molecule has 33 heavy (non-hydrogen) atoms. The first-order valence-corrected chi connectivity index (χ1v) is 13.4. The molecule has 2 aliphatic heterocycles. The maximum atomic E-state index is 13.8. The molecule has 1 atom stereocenters. The fraction of sp³-hybridized carbons (Fsp3) is 0.680. The number of thiophene rings is 1. The lowest BCUT2D eigenvalue weighted by atomic mass is 9.93. The van der Waals surface area contributed by atoms with E-state index in [1.807, 2.05) is 17.9 Å². The fourth-order valence-electron chi connectivity index (χ4n) is 5.66. The summed E-state index contributed by atoms with van der Waals surface area (Å²) in [4.78, 5) is 31.8. The molecule has 1 N–H and O–H groups in total. The van der Waals surface area contributed by atoms with E-state index in [-0.39, 0.29) is 17.9 Å². The molecular weight excluding hydrogens is 436 g/mol. The monoisotopic (exact) mass is 472 g/mol. The standard InChI is InChI=1S/C25H36N4O3S/c1-25(24(31)26-19-7-4-2-3-5-8-19)18-28-20-9-16-33-22(20)17-21(28)23(30)29(25)11-6-10-27-12-14-32-15-13-27/h9,16-17,19H,2-8,10-15,18H2,1H3,(H,26,31)/t25-/m1/s1. The molecule has 7 nitrogen and oxygen atoms in total. The number of fused-ring (bicyclic) bond motifs is 3. The fourth-order valence-corrected chi connectivity index (χ4v) is 6.49. The van der Waals surface area contributed by atoms with Crippen molar-refractivity contribution >= 4 is 33.4 Å². The summed E-state index contributed by atoms with van der Waals surface area (Å²) in [5.41, 5.74) is 0.878. The maximum absolute atomic E-state index is 13.8. The van der Waals surface area contributed by atoms with Crippen molar-refractivity contribution in [3.8, 4) is 0 Å². The average Bonchev–Trinajstić information content (AvgIpc) is 3.31. The van der Waals surface area contributed by atoms with Crippen molar-refractivity contribution in [1.82, 2.24) is 19.7 Å². The summed E-state index contributed by atoms with van der Waals surface area (Å²) in [6, 6.07) is 4.28. The highest BCUT2D eigenvalue weighted by atomic mass is 32.1. The topological polar surface area (TPSA) is 66.8 Å². The van der Waals surface area contributed by atoms with Gasteiger partial charge in [-0.3, -0.25) is 14.5 Å². The Kier molecular flexibility index (Phi) is 6.77. The molecule has 1 saturated carbocycles. The van der Waals surface area contributed by atoms with Gasteiger partial charge in [0.05, 0.1) is 30.0 Å². The zero-order chi connectivity index (χ0) is 22.8. The van der Waals surface area contributed by atoms with Gasteiger partial charge in [0.1, 0.15) is 11.2 Å². The predicted molar refractivity (Wildman–Crippen MR) is 131 cm³/mol. The van der Waals surface area contributed by atoms with Crippen LogP contribution in [0.5, 0.6) is 0 Å². The summed E-state index contributed by atoms with van der Waals surface area (Å²) >= 11 is 1.65. The maximum Gasteiger partial charge on any atom is 0.271 e. The minimum atomic E-state index is -0.894. The van der Waals surface area contributed by atoms with Crippen molar-refractivity contribution in [2.45, 2.75) is 70.0 Å². The van der Waals surface area contributed by atoms with E-state index in [1.54, 1.807) is 11.3 Å². The number of aromatic nitrogens is 1. The number of nitrogens with zero attached hydrogens (tertiary/aromatic N) is 3. The highest BCUT2D eigenvalue weighted by Crippen LogP contribution is 2.34. The number of rotatable bonds is 6. The molecule has 0 radical (unpaired) electrons. The SMILES string of the molecule is C[C@]1(C(=O)NC2CCCCCC2)Cn2c(cc3sccc32)C(=O)N1CCCN1CCOCC1.